The number of nitrogens with zero attached hydrogens (tertiary/aromatic N) is 2. The number of carbonyl (C=O) groups is 1. The van der Waals surface area contributed by atoms with Crippen molar-refractivity contribution in [1.29, 1.82) is 0 Å². The molecule has 42 heavy (non-hydrogen) atoms. The van der Waals surface area contributed by atoms with Crippen LogP contribution in [0.2, 0.25) is 0 Å². The zero-order chi connectivity index (χ0) is 30.1. The van der Waals surface area contributed by atoms with E-state index in [4.69, 9.17) is 18.3 Å². The lowest BCUT2D eigenvalue weighted by Gasteiger charge is -2.26. The van der Waals surface area contributed by atoms with Gasteiger partial charge in [-0.25, -0.2) is 14.3 Å². The topological polar surface area (TPSA) is 106 Å². The van der Waals surface area contributed by atoms with Crippen LogP contribution in [0.4, 0.5) is 0 Å². The molecule has 0 fully saturated rings. The molecule has 4 rings (SSSR count). The van der Waals surface area contributed by atoms with Crippen molar-refractivity contribution in [3.63, 3.8) is 0 Å². The van der Waals surface area contributed by atoms with Crippen molar-refractivity contribution < 1.29 is 27.7 Å². The maximum absolute atomic E-state index is 14.0. The smallest absolute Gasteiger partial charge is 0.462 e. The lowest BCUT2D eigenvalue weighted by Crippen LogP contribution is -2.26. The monoisotopic (exact) mass is 656 g/mol. The van der Waals surface area contributed by atoms with E-state index in [2.05, 4.69) is 20.9 Å². The van der Waals surface area contributed by atoms with E-state index in [0.29, 0.717) is 16.5 Å². The Kier molecular flexibility index (Phi) is 11.2. The van der Waals surface area contributed by atoms with Gasteiger partial charge >= 0.3 is 13.8 Å². The number of carbonyl (C=O) groups excluding carboxylic acids is 1. The van der Waals surface area contributed by atoms with Gasteiger partial charge in [-0.3, -0.25) is 18.4 Å². The van der Waals surface area contributed by atoms with Crippen LogP contribution in [0.25, 0.3) is 11.0 Å². The van der Waals surface area contributed by atoms with Gasteiger partial charge in [0.1, 0.15) is 11.2 Å². The van der Waals surface area contributed by atoms with Crippen LogP contribution in [0.15, 0.2) is 88.4 Å². The summed E-state index contributed by atoms with van der Waals surface area (Å²) < 4.78 is 39.1. The summed E-state index contributed by atoms with van der Waals surface area (Å²) in [6.45, 7) is 5.80. The first-order chi connectivity index (χ1) is 20.2. The van der Waals surface area contributed by atoms with E-state index in [1.165, 1.54) is 6.20 Å². The Morgan fingerprint density at radius 3 is 2.12 bits per heavy atom. The number of fused-ring (bicyclic) bond motifs is 1. The second kappa shape index (κ2) is 14.8. The average molecular weight is 657 g/mol. The SMILES string of the molecule is CCOC(=O)c1cn(C(COP(=O)(OCc2ccccc2)OCc2ccccc2)CC(C)C)c2ncc(Br)cc2c1=O. The molecule has 0 amide bonds. The first-order valence-electron chi connectivity index (χ1n) is 13.7. The number of esters is 1. The lowest BCUT2D eigenvalue weighted by atomic mass is 10.0. The highest BCUT2D eigenvalue weighted by atomic mass is 79.9. The van der Waals surface area contributed by atoms with Crippen LogP contribution in [-0.4, -0.2) is 28.7 Å². The van der Waals surface area contributed by atoms with Crippen LogP contribution < -0.4 is 5.43 Å². The number of hydrogen-bond donors (Lipinski definition) is 0. The minimum absolute atomic E-state index is 0.0191. The van der Waals surface area contributed by atoms with Crippen LogP contribution in [0.5, 0.6) is 0 Å². The zero-order valence-corrected chi connectivity index (χ0v) is 26.3. The fourth-order valence-electron chi connectivity index (χ4n) is 4.39. The minimum Gasteiger partial charge on any atom is -0.462 e. The molecule has 0 radical (unpaired) electrons. The second-order valence-corrected chi connectivity index (χ2v) is 12.7. The largest absolute Gasteiger partial charge is 0.475 e. The number of halogens is 1. The summed E-state index contributed by atoms with van der Waals surface area (Å²) in [6, 6.07) is 19.8. The first kappa shape index (κ1) is 31.8. The normalized spacial score (nSPS) is 12.5. The van der Waals surface area contributed by atoms with Gasteiger partial charge in [-0.05, 0) is 52.4 Å². The molecule has 9 nitrogen and oxygen atoms in total. The Hall–Kier alpha value is -3.14. The first-order valence-corrected chi connectivity index (χ1v) is 15.9. The zero-order valence-electron chi connectivity index (χ0n) is 23.8. The van der Waals surface area contributed by atoms with Gasteiger partial charge in [0.25, 0.3) is 0 Å². The van der Waals surface area contributed by atoms with E-state index in [9.17, 15) is 14.2 Å². The van der Waals surface area contributed by atoms with E-state index >= 15 is 0 Å². The third kappa shape index (κ3) is 8.46. The predicted molar refractivity (Wildman–Crippen MR) is 164 cm³/mol. The number of ether oxygens (including phenoxy) is 1. The average Bonchev–Trinajstić information content (AvgIpc) is 2.99. The lowest BCUT2D eigenvalue weighted by molar-refractivity contribution is 0.0522. The van der Waals surface area contributed by atoms with Crippen molar-refractivity contribution >= 4 is 40.8 Å². The van der Waals surface area contributed by atoms with E-state index < -0.39 is 25.3 Å². The maximum Gasteiger partial charge on any atom is 0.475 e. The Labute approximate surface area is 253 Å². The summed E-state index contributed by atoms with van der Waals surface area (Å²) in [5.74, 6) is -0.560. The van der Waals surface area contributed by atoms with E-state index in [-0.39, 0.29) is 43.3 Å². The van der Waals surface area contributed by atoms with Crippen molar-refractivity contribution in [1.82, 2.24) is 9.55 Å². The fraction of sp³-hybridized carbons (Fsp3) is 0.323. The maximum atomic E-state index is 14.0. The van der Waals surface area contributed by atoms with Crippen molar-refractivity contribution in [2.45, 2.75) is 46.4 Å². The molecule has 0 saturated heterocycles. The van der Waals surface area contributed by atoms with Gasteiger partial charge in [-0.1, -0.05) is 74.5 Å². The summed E-state index contributed by atoms with van der Waals surface area (Å²) in [4.78, 5) is 30.5. The molecule has 0 N–H and O–H groups in total. The Balaban J connectivity index is 1.69. The molecular formula is C31H34BrN2O7P. The fourth-order valence-corrected chi connectivity index (χ4v) is 5.92. The Bertz CT molecular complexity index is 1550. The van der Waals surface area contributed by atoms with Gasteiger partial charge in [0, 0.05) is 16.9 Å². The number of benzene rings is 2. The van der Waals surface area contributed by atoms with Gasteiger partial charge in [-0.2, -0.15) is 0 Å². The minimum atomic E-state index is -4.08. The van der Waals surface area contributed by atoms with Crippen LogP contribution in [-0.2, 0) is 36.1 Å². The molecular weight excluding hydrogens is 623 g/mol. The Morgan fingerprint density at radius 1 is 0.976 bits per heavy atom. The van der Waals surface area contributed by atoms with E-state index in [1.807, 2.05) is 74.5 Å². The molecule has 11 heteroatoms. The number of phosphoric ester groups is 1. The summed E-state index contributed by atoms with van der Waals surface area (Å²) in [6.07, 6.45) is 3.57. The molecule has 0 aliphatic carbocycles. The van der Waals surface area contributed by atoms with Gasteiger partial charge in [-0.15, -0.1) is 0 Å². The molecule has 0 saturated carbocycles. The third-order valence-electron chi connectivity index (χ3n) is 6.36. The van der Waals surface area contributed by atoms with Gasteiger partial charge in [0.15, 0.2) is 0 Å². The highest BCUT2D eigenvalue weighted by molar-refractivity contribution is 9.10. The number of hydrogen-bond acceptors (Lipinski definition) is 8. The van der Waals surface area contributed by atoms with E-state index in [1.54, 1.807) is 23.8 Å². The van der Waals surface area contributed by atoms with Crippen molar-refractivity contribution in [2.75, 3.05) is 13.2 Å². The van der Waals surface area contributed by atoms with Crippen molar-refractivity contribution in [3.05, 3.63) is 111 Å². The van der Waals surface area contributed by atoms with Crippen LogP contribution in [0, 0.1) is 5.92 Å². The van der Waals surface area contributed by atoms with Gasteiger partial charge < -0.3 is 9.30 Å². The predicted octanol–water partition coefficient (Wildman–Crippen LogP) is 7.48. The number of rotatable bonds is 14. The summed E-state index contributed by atoms with van der Waals surface area (Å²) in [5.41, 5.74) is 1.37. The standard InChI is InChI=1S/C31H34BrN2O7P/c1-4-38-31(36)28-18-34(30-27(29(28)35)16-25(32)17-33-30)26(15-22(2)3)21-41-42(37,39-19-23-11-7-5-8-12-23)40-20-24-13-9-6-10-14-24/h5-14,16-18,22,26H,4,15,19-21H2,1-3H3. The molecule has 0 bridgehead atoms. The van der Waals surface area contributed by atoms with E-state index in [0.717, 1.165) is 11.1 Å². The molecule has 222 valence electrons. The van der Waals surface area contributed by atoms with Crippen LogP contribution in [0.3, 0.4) is 0 Å². The molecule has 2 aromatic carbocycles. The third-order valence-corrected chi connectivity index (χ3v) is 8.15. The number of phosphoric acid groups is 1. The summed E-state index contributed by atoms with van der Waals surface area (Å²) in [7, 11) is -4.08. The summed E-state index contributed by atoms with van der Waals surface area (Å²) >= 11 is 3.37. The van der Waals surface area contributed by atoms with Gasteiger partial charge in [0.05, 0.1) is 37.9 Å². The summed E-state index contributed by atoms with van der Waals surface area (Å²) in [5, 5.41) is 0.243. The highest BCUT2D eigenvalue weighted by Gasteiger charge is 2.30. The van der Waals surface area contributed by atoms with Crippen LogP contribution in [0.1, 0.15) is 54.7 Å². The van der Waals surface area contributed by atoms with Crippen molar-refractivity contribution in [2.24, 2.45) is 5.92 Å². The molecule has 4 aromatic rings. The van der Waals surface area contributed by atoms with Crippen LogP contribution >= 0.6 is 23.8 Å². The molecule has 0 aliphatic rings. The number of aromatic nitrogens is 2. The molecule has 0 spiro atoms. The molecule has 1 unspecified atom stereocenters. The van der Waals surface area contributed by atoms with Crippen molar-refractivity contribution in [3.8, 4) is 0 Å². The second-order valence-electron chi connectivity index (χ2n) is 10.1. The van der Waals surface area contributed by atoms with Gasteiger partial charge in [0.2, 0.25) is 5.43 Å². The molecule has 2 heterocycles. The quantitative estimate of drug-likeness (QED) is 0.102. The molecule has 2 aromatic heterocycles. The molecule has 0 aliphatic heterocycles. The Morgan fingerprint density at radius 2 is 1.57 bits per heavy atom. The highest BCUT2D eigenvalue weighted by Crippen LogP contribution is 2.51. The molecule has 1 atom stereocenters. The number of pyridine rings is 2.